The molecule has 0 saturated heterocycles. The Labute approximate surface area is 120 Å². The molecule has 0 bridgehead atoms. The van der Waals surface area contributed by atoms with E-state index in [4.69, 9.17) is 4.74 Å². The summed E-state index contributed by atoms with van der Waals surface area (Å²) >= 11 is 0. The first kappa shape index (κ1) is 13.2. The molecule has 0 spiro atoms. The monoisotopic (exact) mass is 284 g/mol. The molecule has 2 aromatic rings. The topological polar surface area (TPSA) is 83.8 Å². The zero-order valence-corrected chi connectivity index (χ0v) is 10.9. The highest BCUT2D eigenvalue weighted by atomic mass is 16.5. The van der Waals surface area contributed by atoms with Crippen LogP contribution in [0.4, 0.5) is 0 Å². The number of aldehydes is 1. The van der Waals surface area contributed by atoms with Gasteiger partial charge in [0.1, 0.15) is 28.9 Å². The standard InChI is InChI=1S/C16H12O5/c17-8-10-11(18)6-12(19)15-13(20)7-14(21-16(10)15)9-4-2-1-3-5-9/h1-6,8,14,18-19H,7H2/t14-/m1/s1. The highest BCUT2D eigenvalue weighted by Gasteiger charge is 2.33. The molecule has 0 saturated carbocycles. The lowest BCUT2D eigenvalue weighted by Gasteiger charge is -2.27. The quantitative estimate of drug-likeness (QED) is 0.828. The average Bonchev–Trinajstić information content (AvgIpc) is 2.47. The average molecular weight is 284 g/mol. The summed E-state index contributed by atoms with van der Waals surface area (Å²) < 4.78 is 5.70. The number of ketones is 1. The summed E-state index contributed by atoms with van der Waals surface area (Å²) in [6, 6.07) is 10.1. The van der Waals surface area contributed by atoms with Crippen LogP contribution in [0.2, 0.25) is 0 Å². The lowest BCUT2D eigenvalue weighted by molar-refractivity contribution is 0.0842. The molecule has 0 aliphatic carbocycles. The van der Waals surface area contributed by atoms with Crippen molar-refractivity contribution in [1.82, 2.24) is 0 Å². The Hall–Kier alpha value is -2.82. The molecule has 1 heterocycles. The fourth-order valence-electron chi connectivity index (χ4n) is 2.46. The number of rotatable bonds is 2. The molecule has 2 N–H and O–H groups in total. The van der Waals surface area contributed by atoms with Crippen LogP contribution in [0.15, 0.2) is 36.4 Å². The maximum absolute atomic E-state index is 12.2. The van der Waals surface area contributed by atoms with E-state index in [0.29, 0.717) is 6.29 Å². The number of Topliss-reactive ketones (excluding diaryl/α,β-unsaturated/α-hetero) is 1. The van der Waals surface area contributed by atoms with Gasteiger partial charge in [0.15, 0.2) is 12.1 Å². The Kier molecular flexibility index (Phi) is 3.10. The van der Waals surface area contributed by atoms with Crippen LogP contribution in [0.25, 0.3) is 0 Å². The minimum Gasteiger partial charge on any atom is -0.507 e. The highest BCUT2D eigenvalue weighted by Crippen LogP contribution is 2.44. The zero-order chi connectivity index (χ0) is 15.0. The van der Waals surface area contributed by atoms with Crippen molar-refractivity contribution in [2.24, 2.45) is 0 Å². The number of benzene rings is 2. The molecular weight excluding hydrogens is 272 g/mol. The van der Waals surface area contributed by atoms with Gasteiger partial charge in [-0.1, -0.05) is 30.3 Å². The molecule has 0 radical (unpaired) electrons. The number of carbonyl (C=O) groups excluding carboxylic acids is 2. The lowest BCUT2D eigenvalue weighted by Crippen LogP contribution is -2.21. The normalized spacial score (nSPS) is 17.0. The molecule has 0 amide bonds. The van der Waals surface area contributed by atoms with Crippen molar-refractivity contribution in [3.8, 4) is 17.2 Å². The van der Waals surface area contributed by atoms with Crippen LogP contribution in [-0.4, -0.2) is 22.3 Å². The minimum atomic E-state index is -0.550. The van der Waals surface area contributed by atoms with Crippen LogP contribution >= 0.6 is 0 Å². The molecule has 0 aromatic heterocycles. The summed E-state index contributed by atoms with van der Waals surface area (Å²) in [5.41, 5.74) is 0.607. The second-order valence-corrected chi connectivity index (χ2v) is 4.79. The van der Waals surface area contributed by atoms with E-state index < -0.39 is 11.9 Å². The molecular formula is C16H12O5. The molecule has 5 heteroatoms. The van der Waals surface area contributed by atoms with Crippen molar-refractivity contribution < 1.29 is 24.5 Å². The maximum Gasteiger partial charge on any atom is 0.174 e. The van der Waals surface area contributed by atoms with Crippen molar-refractivity contribution in [3.63, 3.8) is 0 Å². The Morgan fingerprint density at radius 3 is 2.52 bits per heavy atom. The first-order valence-corrected chi connectivity index (χ1v) is 6.40. The van der Waals surface area contributed by atoms with Gasteiger partial charge in [0.2, 0.25) is 0 Å². The second kappa shape index (κ2) is 4.94. The number of ether oxygens (including phenoxy) is 1. The lowest BCUT2D eigenvalue weighted by atomic mass is 9.93. The van der Waals surface area contributed by atoms with Gasteiger partial charge in [-0.25, -0.2) is 0 Å². The fraction of sp³-hybridized carbons (Fsp3) is 0.125. The van der Waals surface area contributed by atoms with Crippen molar-refractivity contribution in [1.29, 1.82) is 0 Å². The fourth-order valence-corrected chi connectivity index (χ4v) is 2.46. The van der Waals surface area contributed by atoms with Gasteiger partial charge in [-0.15, -0.1) is 0 Å². The number of aromatic hydroxyl groups is 2. The van der Waals surface area contributed by atoms with Gasteiger partial charge in [-0.05, 0) is 5.56 Å². The molecule has 1 aliphatic rings. The van der Waals surface area contributed by atoms with Crippen molar-refractivity contribution in [2.45, 2.75) is 12.5 Å². The predicted octanol–water partition coefficient (Wildman–Crippen LogP) is 2.62. The van der Waals surface area contributed by atoms with E-state index >= 15 is 0 Å². The van der Waals surface area contributed by atoms with Gasteiger partial charge in [0.05, 0.1) is 12.0 Å². The van der Waals surface area contributed by atoms with Crippen LogP contribution in [0.1, 0.15) is 38.8 Å². The third kappa shape index (κ3) is 2.12. The third-order valence-electron chi connectivity index (χ3n) is 3.48. The second-order valence-electron chi connectivity index (χ2n) is 4.79. The van der Waals surface area contributed by atoms with Crippen molar-refractivity contribution in [2.75, 3.05) is 0 Å². The Morgan fingerprint density at radius 2 is 1.86 bits per heavy atom. The number of phenols is 2. The van der Waals surface area contributed by atoms with Gasteiger partial charge in [0, 0.05) is 6.07 Å². The summed E-state index contributed by atoms with van der Waals surface area (Å²) in [6.07, 6.45) is -0.0758. The number of hydrogen-bond donors (Lipinski definition) is 2. The van der Waals surface area contributed by atoms with Gasteiger partial charge in [-0.3, -0.25) is 9.59 Å². The van der Waals surface area contributed by atoms with E-state index in [0.717, 1.165) is 11.6 Å². The molecule has 1 atom stereocenters. The molecule has 21 heavy (non-hydrogen) atoms. The number of fused-ring (bicyclic) bond motifs is 1. The van der Waals surface area contributed by atoms with E-state index in [1.165, 1.54) is 0 Å². The maximum atomic E-state index is 12.2. The number of phenolic OH excluding ortho intramolecular Hbond substituents is 2. The number of carbonyl (C=O) groups is 2. The highest BCUT2D eigenvalue weighted by molar-refractivity contribution is 6.05. The Bertz CT molecular complexity index is 721. The first-order chi connectivity index (χ1) is 10.1. The third-order valence-corrected chi connectivity index (χ3v) is 3.48. The largest absolute Gasteiger partial charge is 0.507 e. The van der Waals surface area contributed by atoms with Gasteiger partial charge in [-0.2, -0.15) is 0 Å². The zero-order valence-electron chi connectivity index (χ0n) is 10.9. The molecule has 0 fully saturated rings. The van der Waals surface area contributed by atoms with Crippen LogP contribution < -0.4 is 4.74 Å². The van der Waals surface area contributed by atoms with Crippen LogP contribution in [0.5, 0.6) is 17.2 Å². The molecule has 1 aliphatic heterocycles. The molecule has 3 rings (SSSR count). The number of hydrogen-bond acceptors (Lipinski definition) is 5. The van der Waals surface area contributed by atoms with Gasteiger partial charge in [0.25, 0.3) is 0 Å². The summed E-state index contributed by atoms with van der Waals surface area (Å²) in [7, 11) is 0. The summed E-state index contributed by atoms with van der Waals surface area (Å²) in [5, 5.41) is 19.5. The Balaban J connectivity index is 2.13. The van der Waals surface area contributed by atoms with Crippen molar-refractivity contribution >= 4 is 12.1 Å². The van der Waals surface area contributed by atoms with E-state index in [2.05, 4.69) is 0 Å². The van der Waals surface area contributed by atoms with E-state index in [1.807, 2.05) is 30.3 Å². The van der Waals surface area contributed by atoms with Crippen LogP contribution in [-0.2, 0) is 0 Å². The smallest absolute Gasteiger partial charge is 0.174 e. The van der Waals surface area contributed by atoms with E-state index in [-0.39, 0.29) is 34.8 Å². The molecule has 2 aromatic carbocycles. The summed E-state index contributed by atoms with van der Waals surface area (Å²) in [5.74, 6) is -1.19. The Morgan fingerprint density at radius 1 is 1.14 bits per heavy atom. The minimum absolute atomic E-state index is 0.0536. The van der Waals surface area contributed by atoms with Gasteiger partial charge < -0.3 is 14.9 Å². The van der Waals surface area contributed by atoms with E-state index in [9.17, 15) is 19.8 Å². The van der Waals surface area contributed by atoms with Crippen LogP contribution in [0.3, 0.4) is 0 Å². The molecule has 0 unspecified atom stereocenters. The predicted molar refractivity (Wildman–Crippen MR) is 73.9 cm³/mol. The van der Waals surface area contributed by atoms with Crippen LogP contribution in [0, 0.1) is 0 Å². The first-order valence-electron chi connectivity index (χ1n) is 6.40. The van der Waals surface area contributed by atoms with Gasteiger partial charge >= 0.3 is 0 Å². The van der Waals surface area contributed by atoms with E-state index in [1.54, 1.807) is 0 Å². The molecule has 106 valence electrons. The summed E-state index contributed by atoms with van der Waals surface area (Å²) in [4.78, 5) is 23.4. The summed E-state index contributed by atoms with van der Waals surface area (Å²) in [6.45, 7) is 0. The molecule has 5 nitrogen and oxygen atoms in total. The van der Waals surface area contributed by atoms with Crippen molar-refractivity contribution in [3.05, 3.63) is 53.1 Å². The SMILES string of the molecule is O=Cc1c(O)cc(O)c2c1O[C@@H](c1ccccc1)CC2=O.